The summed E-state index contributed by atoms with van der Waals surface area (Å²) in [6, 6.07) is 30.7. The Bertz CT molecular complexity index is 876. The molecule has 0 unspecified atom stereocenters. The summed E-state index contributed by atoms with van der Waals surface area (Å²) in [6.07, 6.45) is 1.96. The van der Waals surface area contributed by atoms with Gasteiger partial charge in [-0.1, -0.05) is 106 Å². The molecule has 3 aromatic rings. The molecule has 0 bridgehead atoms. The molecule has 1 aliphatic rings. The van der Waals surface area contributed by atoms with Gasteiger partial charge in [0.2, 0.25) is 0 Å². The van der Waals surface area contributed by atoms with E-state index in [0.717, 1.165) is 12.8 Å². The molecule has 0 spiro atoms. The van der Waals surface area contributed by atoms with Gasteiger partial charge in [-0.15, -0.1) is 0 Å². The van der Waals surface area contributed by atoms with Crippen molar-refractivity contribution in [2.45, 2.75) is 51.2 Å². The molecule has 0 radical (unpaired) electrons. The summed E-state index contributed by atoms with van der Waals surface area (Å²) < 4.78 is 7.44. The zero-order valence-electron chi connectivity index (χ0n) is 17.4. The van der Waals surface area contributed by atoms with Crippen LogP contribution < -0.4 is 10.4 Å². The lowest BCUT2D eigenvalue weighted by atomic mass is 10.0. The Hall–Kier alpha value is -2.16. The fourth-order valence-corrected chi connectivity index (χ4v) is 9.68. The van der Waals surface area contributed by atoms with Crippen molar-refractivity contribution in [2.75, 3.05) is 0 Å². The number of rotatable bonds is 4. The van der Waals surface area contributed by atoms with E-state index in [1.165, 1.54) is 21.5 Å². The Balaban J connectivity index is 1.87. The lowest BCUT2D eigenvalue weighted by Gasteiger charge is -2.47. The van der Waals surface area contributed by atoms with E-state index < -0.39 is 8.32 Å². The topological polar surface area (TPSA) is 9.23 Å². The zero-order valence-corrected chi connectivity index (χ0v) is 18.4. The van der Waals surface area contributed by atoms with Crippen molar-refractivity contribution in [1.29, 1.82) is 0 Å². The van der Waals surface area contributed by atoms with Crippen LogP contribution in [0.5, 0.6) is 0 Å². The average molecular weight is 387 g/mol. The maximum atomic E-state index is 7.44. The first-order valence-corrected chi connectivity index (χ1v) is 12.1. The number of hydrogen-bond acceptors (Lipinski definition) is 1. The normalized spacial score (nSPS) is 16.0. The Morgan fingerprint density at radius 1 is 0.679 bits per heavy atom. The van der Waals surface area contributed by atoms with E-state index in [1.807, 2.05) is 0 Å². The van der Waals surface area contributed by atoms with Gasteiger partial charge in [0.1, 0.15) is 0 Å². The third kappa shape index (κ3) is 3.25. The summed E-state index contributed by atoms with van der Waals surface area (Å²) in [5.41, 5.74) is 2.68. The molecule has 0 saturated heterocycles. The first kappa shape index (κ1) is 19.2. The Labute approximate surface area is 170 Å². The smallest absolute Gasteiger partial charge is 0.261 e. The molecule has 0 aliphatic heterocycles. The molecule has 144 valence electrons. The quantitative estimate of drug-likeness (QED) is 0.566. The monoisotopic (exact) mass is 386 g/mol. The largest absolute Gasteiger partial charge is 0.401 e. The van der Waals surface area contributed by atoms with Gasteiger partial charge in [-0.05, 0) is 33.5 Å². The molecule has 0 saturated carbocycles. The van der Waals surface area contributed by atoms with E-state index in [1.54, 1.807) is 0 Å². The third-order valence-electron chi connectivity index (χ3n) is 6.06. The predicted octanol–water partition coefficient (Wildman–Crippen LogP) is 5.12. The summed E-state index contributed by atoms with van der Waals surface area (Å²) >= 11 is 0. The molecule has 0 amide bonds. The molecule has 3 aromatic carbocycles. The van der Waals surface area contributed by atoms with Crippen molar-refractivity contribution < 1.29 is 4.43 Å². The average Bonchev–Trinajstić information content (AvgIpc) is 3.02. The number of fused-ring (bicyclic) bond motifs is 1. The molecule has 2 heteroatoms. The van der Waals surface area contributed by atoms with Crippen LogP contribution in [0, 0.1) is 0 Å². The van der Waals surface area contributed by atoms with Crippen LogP contribution in [-0.4, -0.2) is 13.9 Å². The molecule has 0 atom stereocenters. The molecule has 28 heavy (non-hydrogen) atoms. The number of benzene rings is 3. The van der Waals surface area contributed by atoms with Gasteiger partial charge in [0.05, 0.1) is 5.60 Å². The van der Waals surface area contributed by atoms with E-state index in [4.69, 9.17) is 4.43 Å². The van der Waals surface area contributed by atoms with Crippen LogP contribution in [0.3, 0.4) is 0 Å². The Kier molecular flexibility index (Phi) is 4.81. The first-order valence-electron chi connectivity index (χ1n) is 10.2. The maximum absolute atomic E-state index is 7.44. The van der Waals surface area contributed by atoms with Crippen molar-refractivity contribution in [3.8, 4) is 0 Å². The van der Waals surface area contributed by atoms with Gasteiger partial charge in [0.25, 0.3) is 8.32 Å². The van der Waals surface area contributed by atoms with E-state index in [-0.39, 0.29) is 10.6 Å². The first-order chi connectivity index (χ1) is 13.3. The number of hydrogen-bond donors (Lipinski definition) is 0. The molecule has 1 nitrogen and oxygen atoms in total. The maximum Gasteiger partial charge on any atom is 0.261 e. The van der Waals surface area contributed by atoms with Crippen LogP contribution >= 0.6 is 0 Å². The van der Waals surface area contributed by atoms with Crippen LogP contribution in [0.15, 0.2) is 84.9 Å². The van der Waals surface area contributed by atoms with Crippen molar-refractivity contribution in [2.24, 2.45) is 0 Å². The summed E-state index contributed by atoms with van der Waals surface area (Å²) in [6.45, 7) is 9.37. The summed E-state index contributed by atoms with van der Waals surface area (Å²) in [5, 5.41) is 2.71. The minimum atomic E-state index is -2.53. The van der Waals surface area contributed by atoms with E-state index >= 15 is 0 Å². The van der Waals surface area contributed by atoms with Crippen LogP contribution in [0.4, 0.5) is 0 Å². The minimum Gasteiger partial charge on any atom is -0.401 e. The van der Waals surface area contributed by atoms with Gasteiger partial charge in [-0.25, -0.2) is 0 Å². The molecule has 4 rings (SSSR count). The van der Waals surface area contributed by atoms with Crippen LogP contribution in [0.1, 0.15) is 38.8 Å². The second-order valence-electron chi connectivity index (χ2n) is 9.34. The molecular formula is C26H30OSi. The Morgan fingerprint density at radius 2 is 1.07 bits per heavy atom. The van der Waals surface area contributed by atoms with Gasteiger partial charge >= 0.3 is 0 Å². The fraction of sp³-hybridized carbons (Fsp3) is 0.308. The van der Waals surface area contributed by atoms with E-state index in [0.29, 0.717) is 0 Å². The molecular weight excluding hydrogens is 356 g/mol. The lowest BCUT2D eigenvalue weighted by Crippen LogP contribution is -2.69. The highest BCUT2D eigenvalue weighted by molar-refractivity contribution is 6.99. The fourth-order valence-electron chi connectivity index (χ4n) is 4.86. The second kappa shape index (κ2) is 7.02. The summed E-state index contributed by atoms with van der Waals surface area (Å²) in [5.74, 6) is 0. The highest BCUT2D eigenvalue weighted by Gasteiger charge is 2.54. The molecule has 0 N–H and O–H groups in total. The summed E-state index contributed by atoms with van der Waals surface area (Å²) in [4.78, 5) is 0. The van der Waals surface area contributed by atoms with E-state index in [2.05, 4.69) is 113 Å². The standard InChI is InChI=1S/C26H30OSi/c1-25(2,3)28(23-15-7-5-8-16-23,24-17-9-6-10-18-24)27-26(4)19-21-13-11-12-14-22(21)20-26/h5-18H,19-20H2,1-4H3. The van der Waals surface area contributed by atoms with Gasteiger partial charge in [0, 0.05) is 12.8 Å². The highest BCUT2D eigenvalue weighted by atomic mass is 28.4. The molecule has 1 aliphatic carbocycles. The predicted molar refractivity (Wildman–Crippen MR) is 121 cm³/mol. The molecule has 0 heterocycles. The zero-order chi connectivity index (χ0) is 19.8. The van der Waals surface area contributed by atoms with Crippen LogP contribution in [0.25, 0.3) is 0 Å². The molecule has 0 aromatic heterocycles. The van der Waals surface area contributed by atoms with Crippen LogP contribution in [0.2, 0.25) is 5.04 Å². The van der Waals surface area contributed by atoms with E-state index in [9.17, 15) is 0 Å². The van der Waals surface area contributed by atoms with Crippen molar-refractivity contribution >= 4 is 18.7 Å². The van der Waals surface area contributed by atoms with Gasteiger partial charge in [0.15, 0.2) is 0 Å². The summed E-state index contributed by atoms with van der Waals surface area (Å²) in [7, 11) is -2.53. The highest BCUT2D eigenvalue weighted by Crippen LogP contribution is 2.42. The van der Waals surface area contributed by atoms with Crippen LogP contribution in [-0.2, 0) is 17.3 Å². The van der Waals surface area contributed by atoms with Gasteiger partial charge < -0.3 is 4.43 Å². The third-order valence-corrected chi connectivity index (χ3v) is 11.3. The van der Waals surface area contributed by atoms with Crippen molar-refractivity contribution in [1.82, 2.24) is 0 Å². The SMILES string of the molecule is CC1(O[Si](c2ccccc2)(c2ccccc2)C(C)(C)C)Cc2ccccc2C1. The lowest BCUT2D eigenvalue weighted by molar-refractivity contribution is 0.0884. The van der Waals surface area contributed by atoms with Crippen molar-refractivity contribution in [3.05, 3.63) is 96.1 Å². The van der Waals surface area contributed by atoms with Gasteiger partial charge in [-0.2, -0.15) is 0 Å². The minimum absolute atomic E-state index is 0.00743. The van der Waals surface area contributed by atoms with Crippen molar-refractivity contribution in [3.63, 3.8) is 0 Å². The Morgan fingerprint density at radius 3 is 1.46 bits per heavy atom. The second-order valence-corrected chi connectivity index (χ2v) is 13.6. The molecule has 0 fully saturated rings. The van der Waals surface area contributed by atoms with Gasteiger partial charge in [-0.3, -0.25) is 0 Å².